The quantitative estimate of drug-likeness (QED) is 0.00770. The smallest absolute Gasteiger partial charge is 0.455 e. The number of nitrogens with one attached hydrogen (secondary N) is 15. The molecule has 50 heteroatoms. The first-order valence-corrected chi connectivity index (χ1v) is 47.9. The average Bonchev–Trinajstić information content (AvgIpc) is 0.666. The summed E-state index contributed by atoms with van der Waals surface area (Å²) in [6.07, 6.45) is -12.8. The molecule has 2 saturated carbocycles. The van der Waals surface area contributed by atoms with Crippen LogP contribution in [0.5, 0.6) is 0 Å². The van der Waals surface area contributed by atoms with E-state index in [1.807, 2.05) is 0 Å². The number of carbonyl (C=O) groups is 17. The number of Topliss-reactive ketones (excluding diaryl/α,β-unsaturated/α-hetero) is 1. The fraction of sp³-hybridized carbons (Fsp3) is 0.612. The Hall–Kier alpha value is -11.3. The standard InChI is InChI=1S/C85H124N18O28S4/c1-42-53(34-85(122)66(129-74(118)47-25-19-16-20-26-47)63-83(12,65(110)61(124-14)59(42)81(85,8)9)54(123-13)33-55-84(63,41-126-55)130-45(4)106)127-75(119)62(60(46-23-17-15-18-24-46)102-78(120)131-80(5,6)7)128-79(121)125-31-32-132-135-82(10,11)64(67(86)111)103-73(117)52-40-134-133-39-51(97-44(3)105)69(113)95-37-58(109)98-48(27-21-29-91-76(87)88)71(115)100-49(28-22-30-92-77(89)90)70(114)96-43(2)68(112)94-35-56(107)93-36-57(108)99-50(38-104)72(116)101-52/h15-20,23-26,43,48-55,60-64,66,104,122H,21-22,27-41H2,1-14H3,(H2,86,111)(H,93,107)(H,94,112)(H,95,113)(H,96,114)(H,97,105)(H,98,109)(H,99,108)(H,100,115)(H,101,116)(H,102,120)(H,103,117)(H4,87,88,91)(H4,89,90,92)/t43-,48-,49-,50-,51-,52-,53?,54+,55-,60+,61-,62?,63+,64+,66+,83-,84+,85-/m0/s1. The number of amides is 12. The summed E-state index contributed by atoms with van der Waals surface area (Å²) in [5, 5.41) is 71.6. The zero-order chi connectivity index (χ0) is 100. The van der Waals surface area contributed by atoms with E-state index in [1.54, 1.807) is 77.9 Å². The molecule has 2 aromatic rings. The molecule has 46 nitrogen and oxygen atoms in total. The Morgan fingerprint density at radius 1 is 0.704 bits per heavy atom. The van der Waals surface area contributed by atoms with Gasteiger partial charge in [0.2, 0.25) is 71.1 Å². The Balaban J connectivity index is 1.13. The molecule has 18 atom stereocenters. The van der Waals surface area contributed by atoms with E-state index < -0.39 is 281 Å². The van der Waals surface area contributed by atoms with E-state index in [4.69, 9.17) is 70.7 Å². The SMILES string of the molecule is CO[C@@H]1C(=O)[C@@]2(C)[C@H](OC)C[C@@H]3OC[C@]3(OC(C)=O)[C@@H]2[C@@H](OC(=O)c2ccccc2)[C@@]2(O)CC(OC(=O)C(OC(=O)OCCSSC(C)(C)[C@H](NC(=O)[C@@H]3CSSC[C@H](NC(C)=O)C(=O)NCC(=O)N[C@@H](CCCNC(=N)N)C(=O)N[C@@H](CCCNC(=N)N)C(=O)N[C@@H](C)C(=O)NCC(=O)NCC(=O)N[C@@H](CO)C(=O)N3)C(N)=O)[C@H](NC(=O)OC(C)(C)C)c3ccccc3)C(C)=C1C2(C)C. The molecule has 0 spiro atoms. The zero-order valence-electron chi connectivity index (χ0n) is 77.3. The van der Waals surface area contributed by atoms with Gasteiger partial charge in [-0.3, -0.25) is 73.1 Å². The number of rotatable bonds is 30. The molecule has 2 aliphatic heterocycles. The van der Waals surface area contributed by atoms with Crippen LogP contribution in [0.15, 0.2) is 71.8 Å². The van der Waals surface area contributed by atoms with Crippen LogP contribution in [0.25, 0.3) is 0 Å². The molecule has 0 radical (unpaired) electrons. The van der Waals surface area contributed by atoms with Gasteiger partial charge in [0, 0.05) is 81.4 Å². The van der Waals surface area contributed by atoms with Crippen LogP contribution in [-0.4, -0.2) is 308 Å². The summed E-state index contributed by atoms with van der Waals surface area (Å²) in [5.74, 6) is -17.9. The number of methoxy groups -OCH3 is 2. The average molecular weight is 1970 g/mol. The second-order valence-electron chi connectivity index (χ2n) is 34.8. The molecule has 2 heterocycles. The molecule has 0 aromatic heterocycles. The summed E-state index contributed by atoms with van der Waals surface area (Å²) in [5.41, 5.74) is 8.32. The van der Waals surface area contributed by atoms with Crippen LogP contribution in [0.1, 0.15) is 144 Å². The van der Waals surface area contributed by atoms with Gasteiger partial charge >= 0.3 is 30.2 Å². The first-order chi connectivity index (χ1) is 63.4. The largest absolute Gasteiger partial charge is 0.509 e. The minimum absolute atomic E-state index is 0.0101. The van der Waals surface area contributed by atoms with Crippen molar-refractivity contribution in [2.45, 2.75) is 228 Å². The van der Waals surface area contributed by atoms with Crippen LogP contribution in [0.2, 0.25) is 0 Å². The van der Waals surface area contributed by atoms with Crippen LogP contribution >= 0.6 is 43.2 Å². The van der Waals surface area contributed by atoms with E-state index in [-0.39, 0.29) is 85.6 Å². The Morgan fingerprint density at radius 3 is 1.84 bits per heavy atom. The van der Waals surface area contributed by atoms with Gasteiger partial charge in [-0.1, -0.05) is 106 Å². The summed E-state index contributed by atoms with van der Waals surface area (Å²) in [6, 6.07) is 2.83. The molecule has 2 unspecified atom stereocenters. The van der Waals surface area contributed by atoms with Crippen molar-refractivity contribution >= 4 is 156 Å². The number of benzene rings is 2. The fourth-order valence-electron chi connectivity index (χ4n) is 16.4. The summed E-state index contributed by atoms with van der Waals surface area (Å²) in [4.78, 5) is 239. The van der Waals surface area contributed by atoms with Crippen molar-refractivity contribution in [2.24, 2.45) is 33.9 Å². The molecule has 4 fully saturated rings. The van der Waals surface area contributed by atoms with Crippen LogP contribution < -0.4 is 86.3 Å². The lowest BCUT2D eigenvalue weighted by molar-refractivity contribution is -0.347. The van der Waals surface area contributed by atoms with Gasteiger partial charge < -0.3 is 139 Å². The monoisotopic (exact) mass is 1970 g/mol. The Bertz CT molecular complexity index is 4710. The molecule has 135 heavy (non-hydrogen) atoms. The number of nitrogens with two attached hydrogens (primary N) is 3. The number of hydrogen-bond acceptors (Lipinski definition) is 34. The first-order valence-electron chi connectivity index (χ1n) is 43.1. The van der Waals surface area contributed by atoms with Crippen LogP contribution in [0.4, 0.5) is 9.59 Å². The fourth-order valence-corrected chi connectivity index (χ4v) is 21.2. The Labute approximate surface area is 795 Å². The maximum absolute atomic E-state index is 16.1. The summed E-state index contributed by atoms with van der Waals surface area (Å²) in [6.45, 7) is 13.1. The number of hydrogen-bond donors (Lipinski definition) is 20. The van der Waals surface area contributed by atoms with Crippen molar-refractivity contribution in [1.29, 1.82) is 10.8 Å². The highest BCUT2D eigenvalue weighted by molar-refractivity contribution is 8.77. The van der Waals surface area contributed by atoms with E-state index in [9.17, 15) is 82.1 Å². The molecule has 7 rings (SSSR count). The number of esters is 3. The van der Waals surface area contributed by atoms with Crippen LogP contribution in [0.3, 0.4) is 0 Å². The molecular formula is C85H124N18O28S4. The maximum atomic E-state index is 16.1. The predicted molar refractivity (Wildman–Crippen MR) is 491 cm³/mol. The third-order valence-corrected chi connectivity index (χ3v) is 28.9. The van der Waals surface area contributed by atoms with E-state index in [2.05, 4.69) is 69.1 Å². The number of carbonyl (C=O) groups excluding carboxylic acids is 17. The third-order valence-electron chi connectivity index (χ3n) is 23.2. The summed E-state index contributed by atoms with van der Waals surface area (Å²) >= 11 is 0. The number of alkyl carbamates (subject to hydrolysis) is 1. The maximum Gasteiger partial charge on any atom is 0.509 e. The topological polar surface area (TPSA) is 696 Å². The number of primary amides is 1. The molecule has 2 saturated heterocycles. The lowest BCUT2D eigenvalue weighted by Crippen LogP contribution is -2.82. The molecule has 12 amide bonds. The highest BCUT2D eigenvalue weighted by atomic mass is 33.1. The molecule has 2 bridgehead atoms. The summed E-state index contributed by atoms with van der Waals surface area (Å²) in [7, 11) is 6.18. The normalized spacial score (nSPS) is 27.0. The highest BCUT2D eigenvalue weighted by Gasteiger charge is 2.78. The number of guanidine groups is 2. The molecule has 746 valence electrons. The lowest BCUT2D eigenvalue weighted by Gasteiger charge is -2.67. The summed E-state index contributed by atoms with van der Waals surface area (Å²) < 4.78 is 53.6. The molecule has 2 aromatic carbocycles. The third kappa shape index (κ3) is 29.6. The molecule has 23 N–H and O–H groups in total. The van der Waals surface area contributed by atoms with Gasteiger partial charge in [-0.15, -0.1) is 0 Å². The molecule has 5 aliphatic rings. The van der Waals surface area contributed by atoms with Gasteiger partial charge in [0.1, 0.15) is 90.6 Å². The first kappa shape index (κ1) is 111. The van der Waals surface area contributed by atoms with Gasteiger partial charge in [0.25, 0.3) is 0 Å². The van der Waals surface area contributed by atoms with Crippen molar-refractivity contribution in [2.75, 3.05) is 84.0 Å². The highest BCUT2D eigenvalue weighted by Crippen LogP contribution is 2.65. The van der Waals surface area contributed by atoms with E-state index in [0.29, 0.717) is 0 Å². The number of ether oxygens (including phenoxy) is 9. The van der Waals surface area contributed by atoms with Crippen molar-refractivity contribution < 1.29 is 134 Å². The molecular weight excluding hydrogens is 1850 g/mol. The van der Waals surface area contributed by atoms with Gasteiger partial charge in [0.05, 0.1) is 55.8 Å². The number of aliphatic hydroxyl groups excluding tert-OH is 1. The van der Waals surface area contributed by atoms with E-state index in [0.717, 1.165) is 57.0 Å². The number of aliphatic hydroxyl groups is 2. The van der Waals surface area contributed by atoms with Crippen LogP contribution in [0, 0.1) is 27.6 Å². The van der Waals surface area contributed by atoms with Crippen molar-refractivity contribution in [3.05, 3.63) is 82.9 Å². The number of fused-ring (bicyclic) bond motifs is 5. The second-order valence-corrected chi connectivity index (χ2v) is 40.4. The Kier molecular flexibility index (Phi) is 40.6. The van der Waals surface area contributed by atoms with Crippen LogP contribution in [-0.2, 0) is 110 Å². The van der Waals surface area contributed by atoms with Gasteiger partial charge in [-0.2, -0.15) is 0 Å². The lowest BCUT2D eigenvalue weighted by atomic mass is 9.44. The van der Waals surface area contributed by atoms with Gasteiger partial charge in [-0.05, 0) is 110 Å². The van der Waals surface area contributed by atoms with Crippen molar-refractivity contribution in [1.82, 2.24) is 69.1 Å². The predicted octanol–water partition coefficient (Wildman–Crippen LogP) is -1.93. The number of ketones is 1. The minimum Gasteiger partial charge on any atom is -0.455 e. The minimum atomic E-state index is -2.48. The van der Waals surface area contributed by atoms with Crippen molar-refractivity contribution in [3.8, 4) is 0 Å². The zero-order valence-corrected chi connectivity index (χ0v) is 80.6. The molecule has 3 aliphatic carbocycles. The van der Waals surface area contributed by atoms with Gasteiger partial charge in [0.15, 0.2) is 23.3 Å². The van der Waals surface area contributed by atoms with E-state index >= 15 is 9.59 Å². The van der Waals surface area contributed by atoms with E-state index in [1.165, 1.54) is 66.2 Å². The Morgan fingerprint density at radius 2 is 1.27 bits per heavy atom. The van der Waals surface area contributed by atoms with Crippen molar-refractivity contribution in [3.63, 3.8) is 0 Å². The second kappa shape index (κ2) is 49.5. The van der Waals surface area contributed by atoms with Gasteiger partial charge in [-0.25, -0.2) is 19.2 Å².